The molecule has 0 amide bonds. The van der Waals surface area contributed by atoms with Gasteiger partial charge in [0.05, 0.1) is 5.92 Å². The van der Waals surface area contributed by atoms with Crippen LogP contribution < -0.4 is 0 Å². The van der Waals surface area contributed by atoms with E-state index in [1.165, 1.54) is 16.7 Å². The van der Waals surface area contributed by atoms with Gasteiger partial charge in [-0.2, -0.15) is 0 Å². The van der Waals surface area contributed by atoms with Crippen molar-refractivity contribution in [3.05, 3.63) is 60.2 Å². The van der Waals surface area contributed by atoms with Crippen molar-refractivity contribution in [2.24, 2.45) is 5.92 Å². The average molecular weight is 204 g/mol. The highest BCUT2D eigenvalue weighted by atomic mass is 14.1. The summed E-state index contributed by atoms with van der Waals surface area (Å²) in [4.78, 5) is 0. The molecule has 1 aliphatic carbocycles. The smallest absolute Gasteiger partial charge is 0.0851 e. The summed E-state index contributed by atoms with van der Waals surface area (Å²) in [6, 6.07) is 19.2. The first-order valence-electron chi connectivity index (χ1n) is 5.57. The maximum Gasteiger partial charge on any atom is 0.0852 e. The van der Waals surface area contributed by atoms with Crippen LogP contribution in [0.4, 0.5) is 0 Å². The fourth-order valence-corrected chi connectivity index (χ4v) is 1.86. The maximum absolute atomic E-state index is 3.08. The lowest BCUT2D eigenvalue weighted by Gasteiger charge is -2.03. The molecule has 0 spiro atoms. The molecular formula is C16H12. The molecular weight excluding hydrogens is 192 g/mol. The van der Waals surface area contributed by atoms with Gasteiger partial charge >= 0.3 is 0 Å². The Hall–Kier alpha value is -2.00. The van der Waals surface area contributed by atoms with Crippen LogP contribution in [-0.4, -0.2) is 0 Å². The highest BCUT2D eigenvalue weighted by Crippen LogP contribution is 2.21. The van der Waals surface area contributed by atoms with Crippen LogP contribution in [0.5, 0.6) is 0 Å². The molecule has 0 radical (unpaired) electrons. The Morgan fingerprint density at radius 2 is 1.38 bits per heavy atom. The van der Waals surface area contributed by atoms with Crippen LogP contribution in [0.15, 0.2) is 54.6 Å². The minimum Gasteiger partial charge on any atom is -0.0851 e. The van der Waals surface area contributed by atoms with Gasteiger partial charge in [0.25, 0.3) is 0 Å². The summed E-state index contributed by atoms with van der Waals surface area (Å²) >= 11 is 0. The van der Waals surface area contributed by atoms with E-state index in [4.69, 9.17) is 0 Å². The third kappa shape index (κ3) is 1.99. The van der Waals surface area contributed by atoms with Crippen molar-refractivity contribution in [3.8, 4) is 23.0 Å². The molecule has 0 heterocycles. The predicted octanol–water partition coefficient (Wildman–Crippen LogP) is 3.53. The van der Waals surface area contributed by atoms with Crippen molar-refractivity contribution in [2.75, 3.05) is 0 Å². The molecule has 2 aromatic rings. The largest absolute Gasteiger partial charge is 0.0852 e. The van der Waals surface area contributed by atoms with Gasteiger partial charge < -0.3 is 0 Å². The molecule has 76 valence electrons. The molecule has 0 saturated heterocycles. The van der Waals surface area contributed by atoms with Crippen molar-refractivity contribution < 1.29 is 0 Å². The van der Waals surface area contributed by atoms with E-state index in [0.717, 1.165) is 6.42 Å². The van der Waals surface area contributed by atoms with E-state index in [-0.39, 0.29) is 0 Å². The van der Waals surface area contributed by atoms with E-state index in [1.807, 2.05) is 6.07 Å². The topological polar surface area (TPSA) is 0 Å². The fraction of sp³-hybridized carbons (Fsp3) is 0.125. The molecule has 0 saturated carbocycles. The summed E-state index contributed by atoms with van der Waals surface area (Å²) in [5.41, 5.74) is 3.92. The zero-order valence-electron chi connectivity index (χ0n) is 8.98. The standard InChI is InChI=1S/C16H12/c1-2-4-15(5-3-1)16-10-8-14(9-11-16)12-13-6-7-13/h1-5,8-11,13H,12H2. The van der Waals surface area contributed by atoms with Crippen molar-refractivity contribution in [2.45, 2.75) is 6.42 Å². The van der Waals surface area contributed by atoms with Crippen LogP contribution >= 0.6 is 0 Å². The van der Waals surface area contributed by atoms with Crippen molar-refractivity contribution >= 4 is 0 Å². The van der Waals surface area contributed by atoms with Gasteiger partial charge in [0.1, 0.15) is 0 Å². The average Bonchev–Trinajstić information content (AvgIpc) is 3.15. The highest BCUT2D eigenvalue weighted by molar-refractivity contribution is 5.63. The maximum atomic E-state index is 3.08. The molecule has 0 N–H and O–H groups in total. The van der Waals surface area contributed by atoms with Crippen LogP contribution in [0.25, 0.3) is 11.1 Å². The van der Waals surface area contributed by atoms with Crippen LogP contribution in [0, 0.1) is 17.8 Å². The lowest BCUT2D eigenvalue weighted by atomic mass is 10.0. The van der Waals surface area contributed by atoms with Gasteiger partial charge in [0, 0.05) is 0 Å². The SMILES string of the molecule is C1#CC1Cc1ccc(-c2ccccc2)cc1. The highest BCUT2D eigenvalue weighted by Gasteiger charge is 2.10. The monoisotopic (exact) mass is 204 g/mol. The molecule has 16 heavy (non-hydrogen) atoms. The molecule has 0 aliphatic heterocycles. The van der Waals surface area contributed by atoms with Crippen LogP contribution in [0.3, 0.4) is 0 Å². The summed E-state index contributed by atoms with van der Waals surface area (Å²) in [6.45, 7) is 0. The summed E-state index contributed by atoms with van der Waals surface area (Å²) < 4.78 is 0. The van der Waals surface area contributed by atoms with Crippen LogP contribution in [-0.2, 0) is 6.42 Å². The van der Waals surface area contributed by atoms with Crippen molar-refractivity contribution in [1.82, 2.24) is 0 Å². The molecule has 0 heteroatoms. The van der Waals surface area contributed by atoms with Gasteiger partial charge in [-0.3, -0.25) is 0 Å². The quantitative estimate of drug-likeness (QED) is 0.671. The first-order chi connectivity index (χ1) is 7.92. The molecule has 0 unspecified atom stereocenters. The minimum absolute atomic E-state index is 0.475. The second kappa shape index (κ2) is 3.87. The summed E-state index contributed by atoms with van der Waals surface area (Å²) in [6.07, 6.45) is 1.05. The Morgan fingerprint density at radius 1 is 0.750 bits per heavy atom. The predicted molar refractivity (Wildman–Crippen MR) is 66.8 cm³/mol. The Balaban J connectivity index is 1.81. The number of hydrogen-bond acceptors (Lipinski definition) is 0. The first-order valence-corrected chi connectivity index (χ1v) is 5.57. The summed E-state index contributed by atoms with van der Waals surface area (Å²) in [5.74, 6) is 6.63. The van der Waals surface area contributed by atoms with Gasteiger partial charge in [-0.25, -0.2) is 0 Å². The molecule has 3 rings (SSSR count). The van der Waals surface area contributed by atoms with E-state index in [2.05, 4.69) is 60.4 Å². The van der Waals surface area contributed by atoms with E-state index in [0.29, 0.717) is 5.92 Å². The Bertz CT molecular complexity index is 530. The summed E-state index contributed by atoms with van der Waals surface area (Å²) in [5, 5.41) is 0. The molecule has 1 aliphatic rings. The minimum atomic E-state index is 0.475. The van der Waals surface area contributed by atoms with Crippen LogP contribution in [0.1, 0.15) is 5.56 Å². The first kappa shape index (κ1) is 9.24. The molecule has 0 bridgehead atoms. The van der Waals surface area contributed by atoms with E-state index < -0.39 is 0 Å². The van der Waals surface area contributed by atoms with Crippen molar-refractivity contribution in [1.29, 1.82) is 0 Å². The lowest BCUT2D eigenvalue weighted by Crippen LogP contribution is -1.89. The second-order valence-electron chi connectivity index (χ2n) is 4.11. The van der Waals surface area contributed by atoms with E-state index in [1.54, 1.807) is 0 Å². The van der Waals surface area contributed by atoms with Gasteiger partial charge in [-0.15, -0.1) is 0 Å². The molecule has 0 fully saturated rings. The van der Waals surface area contributed by atoms with Gasteiger partial charge in [0.2, 0.25) is 0 Å². The number of hydrogen-bond donors (Lipinski definition) is 0. The third-order valence-corrected chi connectivity index (χ3v) is 2.85. The third-order valence-electron chi connectivity index (χ3n) is 2.85. The number of benzene rings is 2. The Labute approximate surface area is 95.9 Å². The Morgan fingerprint density at radius 3 is 2.00 bits per heavy atom. The van der Waals surface area contributed by atoms with Gasteiger partial charge in [0.15, 0.2) is 0 Å². The molecule has 0 aromatic heterocycles. The van der Waals surface area contributed by atoms with Gasteiger partial charge in [-0.05, 0) is 23.1 Å². The zero-order valence-corrected chi connectivity index (χ0v) is 8.98. The second-order valence-corrected chi connectivity index (χ2v) is 4.11. The molecule has 0 atom stereocenters. The summed E-state index contributed by atoms with van der Waals surface area (Å²) in [7, 11) is 0. The Kier molecular flexibility index (Phi) is 2.23. The van der Waals surface area contributed by atoms with E-state index >= 15 is 0 Å². The fourth-order valence-electron chi connectivity index (χ4n) is 1.86. The van der Waals surface area contributed by atoms with E-state index in [9.17, 15) is 0 Å². The van der Waals surface area contributed by atoms with Gasteiger partial charge in [-0.1, -0.05) is 66.4 Å². The lowest BCUT2D eigenvalue weighted by molar-refractivity contribution is 0.921. The molecule has 0 nitrogen and oxygen atoms in total. The number of rotatable bonds is 3. The zero-order chi connectivity index (χ0) is 10.8. The van der Waals surface area contributed by atoms with Crippen LogP contribution in [0.2, 0.25) is 0 Å². The normalized spacial score (nSPS) is 13.0. The van der Waals surface area contributed by atoms with Crippen molar-refractivity contribution in [3.63, 3.8) is 0 Å². The molecule has 2 aromatic carbocycles.